The highest BCUT2D eigenvalue weighted by Gasteiger charge is 2.45. The maximum atomic E-state index is 13.2. The van der Waals surface area contributed by atoms with Crippen molar-refractivity contribution in [1.29, 1.82) is 0 Å². The first-order valence-electron chi connectivity index (χ1n) is 22.5. The number of rotatable bonds is 21. The van der Waals surface area contributed by atoms with Crippen molar-refractivity contribution in [3.8, 4) is 0 Å². The minimum atomic E-state index is -4.61. The predicted molar refractivity (Wildman–Crippen MR) is 259 cm³/mol. The number of hydroxylamine groups is 4. The molecule has 19 nitrogen and oxygen atoms in total. The van der Waals surface area contributed by atoms with Gasteiger partial charge >= 0.3 is 18.9 Å². The number of anilines is 1. The van der Waals surface area contributed by atoms with Crippen molar-refractivity contribution in [1.82, 2.24) is 10.1 Å². The van der Waals surface area contributed by atoms with Gasteiger partial charge in [-0.3, -0.25) is 28.3 Å². The van der Waals surface area contributed by atoms with Gasteiger partial charge in [0, 0.05) is 56.1 Å². The van der Waals surface area contributed by atoms with Crippen LogP contribution in [-0.4, -0.2) is 109 Å². The molecule has 70 heavy (non-hydrogen) atoms. The molecule has 0 saturated carbocycles. The Labute approximate surface area is 407 Å². The molecule has 22 heteroatoms. The third-order valence-electron chi connectivity index (χ3n) is 12.5. The Morgan fingerprint density at radius 1 is 0.900 bits per heavy atom. The van der Waals surface area contributed by atoms with E-state index in [4.69, 9.17) is 14.7 Å². The number of pyridine rings is 1. The molecular formula is C48H57BN5O14S2+. The molecule has 1 unspecified atom stereocenters. The summed E-state index contributed by atoms with van der Waals surface area (Å²) < 4.78 is 69.1. The molecule has 3 aromatic rings. The number of hydrogen-bond acceptors (Lipinski definition) is 14. The number of carbonyl (C=O) groups is 4. The molecule has 372 valence electrons. The van der Waals surface area contributed by atoms with Gasteiger partial charge in [0.25, 0.3) is 38.0 Å². The Morgan fingerprint density at radius 2 is 1.60 bits per heavy atom. The molecule has 3 aliphatic heterocycles. The fourth-order valence-electron chi connectivity index (χ4n) is 8.73. The summed E-state index contributed by atoms with van der Waals surface area (Å²) >= 11 is 0. The molecule has 1 aromatic heterocycles. The number of aromatic nitrogens is 1. The van der Waals surface area contributed by atoms with Gasteiger partial charge in [-0.2, -0.15) is 16.8 Å². The van der Waals surface area contributed by atoms with Gasteiger partial charge in [0.15, 0.2) is 5.71 Å². The zero-order valence-electron chi connectivity index (χ0n) is 39.5. The van der Waals surface area contributed by atoms with Crippen LogP contribution in [0.15, 0.2) is 113 Å². The van der Waals surface area contributed by atoms with Gasteiger partial charge in [-0.05, 0) is 98.0 Å². The van der Waals surface area contributed by atoms with E-state index in [-0.39, 0.29) is 49.0 Å². The van der Waals surface area contributed by atoms with E-state index in [1.54, 1.807) is 65.4 Å². The normalized spacial score (nSPS) is 18.4. The summed E-state index contributed by atoms with van der Waals surface area (Å²) in [5.41, 5.74) is 3.11. The summed E-state index contributed by atoms with van der Waals surface area (Å²) in [5, 5.41) is 21.6. The van der Waals surface area contributed by atoms with Crippen molar-refractivity contribution in [3.63, 3.8) is 0 Å². The lowest BCUT2D eigenvalue weighted by atomic mass is 9.74. The zero-order chi connectivity index (χ0) is 51.2. The van der Waals surface area contributed by atoms with Crippen LogP contribution >= 0.6 is 0 Å². The highest BCUT2D eigenvalue weighted by Crippen LogP contribution is 2.50. The molecule has 6 rings (SSSR count). The molecule has 3 aliphatic rings. The first-order chi connectivity index (χ1) is 32.9. The van der Waals surface area contributed by atoms with Crippen LogP contribution in [0, 0.1) is 0 Å². The first-order valence-corrected chi connectivity index (χ1v) is 25.6. The number of imide groups is 1. The number of amides is 3. The molecule has 0 bridgehead atoms. The zero-order valence-corrected chi connectivity index (χ0v) is 41.2. The summed E-state index contributed by atoms with van der Waals surface area (Å²) in [6, 6.07) is 12.9. The highest BCUT2D eigenvalue weighted by atomic mass is 32.2. The Bertz CT molecular complexity index is 2920. The van der Waals surface area contributed by atoms with E-state index in [0.29, 0.717) is 59.2 Å². The summed E-state index contributed by atoms with van der Waals surface area (Å²) in [7, 11) is -7.72. The third kappa shape index (κ3) is 12.4. The van der Waals surface area contributed by atoms with Crippen LogP contribution in [0.25, 0.3) is 0 Å². The number of nitrogens with zero attached hydrogens (tertiary/aromatic N) is 5. The molecule has 0 spiro atoms. The van der Waals surface area contributed by atoms with E-state index in [1.165, 1.54) is 26.3 Å². The smallest absolute Gasteiger partial charge is 0.423 e. The second-order valence-electron chi connectivity index (χ2n) is 17.9. The fourth-order valence-corrected chi connectivity index (χ4v) is 9.73. The van der Waals surface area contributed by atoms with E-state index in [2.05, 4.69) is 0 Å². The van der Waals surface area contributed by atoms with Gasteiger partial charge in [-0.15, -0.1) is 5.06 Å². The average molecular weight is 1000 g/mol. The molecule has 0 aliphatic carbocycles. The minimum Gasteiger partial charge on any atom is -0.423 e. The van der Waals surface area contributed by atoms with E-state index in [1.807, 2.05) is 50.0 Å². The molecule has 4 N–H and O–H groups in total. The average Bonchev–Trinajstić information content (AvgIpc) is 3.84. The van der Waals surface area contributed by atoms with E-state index in [0.717, 1.165) is 21.9 Å². The van der Waals surface area contributed by atoms with Crippen molar-refractivity contribution in [2.45, 2.75) is 94.4 Å². The van der Waals surface area contributed by atoms with Gasteiger partial charge < -0.3 is 19.8 Å². The second kappa shape index (κ2) is 21.9. The number of aliphatic imine (C=N–C) groups is 1. The number of allylic oxidation sites excluding steroid dienone is 8. The van der Waals surface area contributed by atoms with Crippen LogP contribution < -0.4 is 14.9 Å². The third-order valence-corrected chi connectivity index (χ3v) is 14.1. The summed E-state index contributed by atoms with van der Waals surface area (Å²) in [5.74, 6) is -2.19. The molecule has 1 fully saturated rings. The maximum absolute atomic E-state index is 13.2. The Kier molecular flexibility index (Phi) is 16.6. The van der Waals surface area contributed by atoms with Crippen molar-refractivity contribution >= 4 is 73.7 Å². The van der Waals surface area contributed by atoms with Crippen molar-refractivity contribution in [2.24, 2.45) is 4.99 Å². The highest BCUT2D eigenvalue weighted by molar-refractivity contribution is 7.86. The SMILES string of the molecule is CON(C)C(=O)c1cc2c([n+](CCCS(=O)(=O)O)c1)N=C(/C=C/C=C/C=C/C=C1/N(CCCCCC(=O)ON3C(=O)CCC3=O)c3ccc(S(=O)(=O)O)cc3C1(C)Cc1cccc(B(O)O)c1)C2(C)C. The standard InChI is InChI=1S/C48H56BN5O14S2/c1-47(2)38-29-34(46(58)51(4)67-5)32-52(25-15-27-69(61,62)63)45(38)50-40(47)18-10-7-6-8-11-19-41-48(3,31-33-16-14-17-35(28-33)49(59)60)37-30-36(70(64,65)66)21-22-39(37)53(41)26-13-9-12-20-44(57)68-54-42(55)23-24-43(54)56/h6-8,10-11,14,16-19,21-22,28-30,32,59-60H,9,12-13,15,20,23-27,31H2,1-5H3,(H-,61,62,63,64,65,66)/p+1. The molecule has 2 aromatic carbocycles. The van der Waals surface area contributed by atoms with E-state index >= 15 is 0 Å². The topological polar surface area (TPSA) is 262 Å². The Hall–Kier alpha value is -6.14. The van der Waals surface area contributed by atoms with Crippen LogP contribution in [0.3, 0.4) is 0 Å². The minimum absolute atomic E-state index is 0.0122. The molecule has 0 radical (unpaired) electrons. The van der Waals surface area contributed by atoms with Crippen LogP contribution in [0.4, 0.5) is 11.5 Å². The van der Waals surface area contributed by atoms with Gasteiger partial charge in [0.2, 0.25) is 0 Å². The van der Waals surface area contributed by atoms with Crippen molar-refractivity contribution in [2.75, 3.05) is 31.4 Å². The fraction of sp³-hybridized carbons (Fsp3) is 0.375. The predicted octanol–water partition coefficient (Wildman–Crippen LogP) is 3.92. The lowest BCUT2D eigenvalue weighted by molar-refractivity contribution is -0.684. The number of fused-ring (bicyclic) bond motifs is 2. The largest absolute Gasteiger partial charge is 0.488 e. The van der Waals surface area contributed by atoms with Crippen LogP contribution in [-0.2, 0) is 68.1 Å². The number of hydrogen-bond donors (Lipinski definition) is 4. The monoisotopic (exact) mass is 1000 g/mol. The number of aryl methyl sites for hydroxylation is 1. The van der Waals surface area contributed by atoms with Crippen molar-refractivity contribution < 1.29 is 69.4 Å². The van der Waals surface area contributed by atoms with Gasteiger partial charge in [0.05, 0.1) is 40.8 Å². The maximum Gasteiger partial charge on any atom is 0.488 e. The van der Waals surface area contributed by atoms with Crippen molar-refractivity contribution in [3.05, 3.63) is 125 Å². The van der Waals surface area contributed by atoms with Gasteiger partial charge in [0.1, 0.15) is 6.20 Å². The summed E-state index contributed by atoms with van der Waals surface area (Å²) in [6.45, 7) is 6.41. The van der Waals surface area contributed by atoms with Crippen LogP contribution in [0.1, 0.15) is 92.8 Å². The molecular weight excluding hydrogens is 945 g/mol. The van der Waals surface area contributed by atoms with Gasteiger partial charge in [-0.1, -0.05) is 61.1 Å². The van der Waals surface area contributed by atoms with Crippen LogP contribution in [0.2, 0.25) is 0 Å². The number of unbranched alkanes of at least 4 members (excludes halogenated alkanes) is 2. The number of benzene rings is 2. The summed E-state index contributed by atoms with van der Waals surface area (Å²) in [6.07, 6.45) is 16.1. The van der Waals surface area contributed by atoms with E-state index in [9.17, 15) is 55.2 Å². The molecule has 1 saturated heterocycles. The first kappa shape index (κ1) is 53.2. The summed E-state index contributed by atoms with van der Waals surface area (Å²) in [4.78, 5) is 66.2. The molecule has 1 atom stereocenters. The lowest BCUT2D eigenvalue weighted by Gasteiger charge is -2.31. The number of carbonyl (C=O) groups excluding carboxylic acids is 4. The van der Waals surface area contributed by atoms with Gasteiger partial charge in [-0.25, -0.2) is 14.4 Å². The Morgan fingerprint density at radius 3 is 2.27 bits per heavy atom. The second-order valence-corrected chi connectivity index (χ2v) is 20.9. The Balaban J connectivity index is 1.27. The molecule has 4 heterocycles. The van der Waals surface area contributed by atoms with Crippen LogP contribution in [0.5, 0.6) is 0 Å². The quantitative estimate of drug-likeness (QED) is 0.0224. The lowest BCUT2D eigenvalue weighted by Crippen LogP contribution is -2.38. The van der Waals surface area contributed by atoms with E-state index < -0.39 is 67.6 Å². The molecule has 3 amide bonds.